The number of carbonyl (C=O) groups excluding carboxylic acids is 1. The first-order chi connectivity index (χ1) is 12.5. The van der Waals surface area contributed by atoms with Gasteiger partial charge in [0.25, 0.3) is 0 Å². The second-order valence-electron chi connectivity index (χ2n) is 7.11. The summed E-state index contributed by atoms with van der Waals surface area (Å²) in [7, 11) is 0. The van der Waals surface area contributed by atoms with E-state index in [1.807, 2.05) is 43.6 Å². The van der Waals surface area contributed by atoms with E-state index in [-0.39, 0.29) is 11.9 Å². The van der Waals surface area contributed by atoms with Crippen molar-refractivity contribution in [3.8, 4) is 11.4 Å². The molecule has 2 aromatic rings. The van der Waals surface area contributed by atoms with E-state index in [2.05, 4.69) is 30.7 Å². The van der Waals surface area contributed by atoms with Gasteiger partial charge in [0, 0.05) is 18.0 Å². The van der Waals surface area contributed by atoms with Gasteiger partial charge in [0.15, 0.2) is 5.82 Å². The van der Waals surface area contributed by atoms with Crippen molar-refractivity contribution in [3.63, 3.8) is 0 Å². The van der Waals surface area contributed by atoms with E-state index in [1.54, 1.807) is 0 Å². The molecule has 0 aliphatic rings. The van der Waals surface area contributed by atoms with Crippen LogP contribution in [0.5, 0.6) is 0 Å². The van der Waals surface area contributed by atoms with Gasteiger partial charge in [-0.1, -0.05) is 64.8 Å². The minimum absolute atomic E-state index is 0.121. The lowest BCUT2D eigenvalue weighted by Gasteiger charge is -2.14. The molecule has 1 aromatic heterocycles. The van der Waals surface area contributed by atoms with Crippen molar-refractivity contribution in [2.75, 3.05) is 6.61 Å². The van der Waals surface area contributed by atoms with Crippen LogP contribution >= 0.6 is 0 Å². The normalized spacial score (nSPS) is 13.2. The number of aromatic nitrogens is 2. The van der Waals surface area contributed by atoms with Crippen LogP contribution in [0, 0.1) is 11.8 Å². The number of esters is 1. The second-order valence-corrected chi connectivity index (χ2v) is 7.11. The lowest BCUT2D eigenvalue weighted by atomic mass is 10.00. The molecule has 140 valence electrons. The molecule has 0 radical (unpaired) electrons. The third-order valence-electron chi connectivity index (χ3n) is 4.61. The molecule has 2 unspecified atom stereocenters. The quantitative estimate of drug-likeness (QED) is 0.603. The van der Waals surface area contributed by atoms with Gasteiger partial charge >= 0.3 is 5.97 Å². The van der Waals surface area contributed by atoms with Gasteiger partial charge in [-0.2, -0.15) is 0 Å². The molecule has 0 spiro atoms. The number of hydrogen-bond donors (Lipinski definition) is 0. The first kappa shape index (κ1) is 20.1. The molecule has 1 aromatic carbocycles. The van der Waals surface area contributed by atoms with Crippen molar-refractivity contribution >= 4 is 5.97 Å². The first-order valence-corrected chi connectivity index (χ1v) is 9.60. The SMILES string of the molecule is CCCc1cnc(-c2ccc(CC(C)C(=O)OCC(C)CC)cc2)nc1. The van der Waals surface area contributed by atoms with Crippen LogP contribution in [0.4, 0.5) is 0 Å². The minimum Gasteiger partial charge on any atom is -0.465 e. The smallest absolute Gasteiger partial charge is 0.308 e. The Labute approximate surface area is 157 Å². The number of ether oxygens (including phenoxy) is 1. The largest absolute Gasteiger partial charge is 0.465 e. The van der Waals surface area contributed by atoms with Gasteiger partial charge in [-0.25, -0.2) is 9.97 Å². The Bertz CT molecular complexity index is 680. The summed E-state index contributed by atoms with van der Waals surface area (Å²) in [4.78, 5) is 21.0. The Morgan fingerprint density at radius 1 is 1.04 bits per heavy atom. The van der Waals surface area contributed by atoms with E-state index in [1.165, 1.54) is 0 Å². The maximum Gasteiger partial charge on any atom is 0.308 e. The maximum atomic E-state index is 12.1. The average molecular weight is 354 g/mol. The molecule has 0 N–H and O–H groups in total. The minimum atomic E-state index is -0.144. The molecule has 0 fully saturated rings. The van der Waals surface area contributed by atoms with Crippen molar-refractivity contribution in [2.24, 2.45) is 11.8 Å². The molecule has 4 heteroatoms. The van der Waals surface area contributed by atoms with Crippen LogP contribution in [0.2, 0.25) is 0 Å². The van der Waals surface area contributed by atoms with Crippen molar-refractivity contribution in [3.05, 3.63) is 47.8 Å². The molecule has 0 saturated carbocycles. The van der Waals surface area contributed by atoms with Crippen molar-refractivity contribution in [1.29, 1.82) is 0 Å². The number of aryl methyl sites for hydroxylation is 1. The predicted octanol–water partition coefficient (Wildman–Crippen LogP) is 4.86. The highest BCUT2D eigenvalue weighted by atomic mass is 16.5. The molecule has 1 heterocycles. The molecule has 0 aliphatic carbocycles. The van der Waals surface area contributed by atoms with Crippen LogP contribution in [0.3, 0.4) is 0 Å². The fraction of sp³-hybridized carbons (Fsp3) is 0.500. The molecule has 2 rings (SSSR count). The zero-order valence-corrected chi connectivity index (χ0v) is 16.4. The molecule has 0 bridgehead atoms. The summed E-state index contributed by atoms with van der Waals surface area (Å²) in [6.07, 6.45) is 7.59. The highest BCUT2D eigenvalue weighted by molar-refractivity contribution is 5.72. The van der Waals surface area contributed by atoms with E-state index in [9.17, 15) is 4.79 Å². The van der Waals surface area contributed by atoms with E-state index in [4.69, 9.17) is 4.74 Å². The summed E-state index contributed by atoms with van der Waals surface area (Å²) in [6, 6.07) is 8.11. The van der Waals surface area contributed by atoms with Gasteiger partial charge < -0.3 is 4.74 Å². The second kappa shape index (κ2) is 10.0. The van der Waals surface area contributed by atoms with Crippen LogP contribution in [-0.2, 0) is 22.4 Å². The number of benzene rings is 1. The molecular weight excluding hydrogens is 324 g/mol. The third-order valence-corrected chi connectivity index (χ3v) is 4.61. The predicted molar refractivity (Wildman–Crippen MR) is 105 cm³/mol. The Morgan fingerprint density at radius 3 is 2.27 bits per heavy atom. The van der Waals surface area contributed by atoms with Crippen LogP contribution < -0.4 is 0 Å². The van der Waals surface area contributed by atoms with Gasteiger partial charge in [-0.15, -0.1) is 0 Å². The molecule has 26 heavy (non-hydrogen) atoms. The molecule has 0 amide bonds. The Morgan fingerprint density at radius 2 is 1.69 bits per heavy atom. The van der Waals surface area contributed by atoms with Crippen LogP contribution in [0.25, 0.3) is 11.4 Å². The van der Waals surface area contributed by atoms with E-state index in [0.717, 1.165) is 41.8 Å². The molecule has 2 atom stereocenters. The van der Waals surface area contributed by atoms with Crippen molar-refractivity contribution in [2.45, 2.75) is 53.4 Å². The van der Waals surface area contributed by atoms with Gasteiger partial charge in [0.05, 0.1) is 12.5 Å². The maximum absolute atomic E-state index is 12.1. The average Bonchev–Trinajstić information content (AvgIpc) is 2.67. The number of rotatable bonds is 9. The lowest BCUT2D eigenvalue weighted by molar-refractivity contribution is -0.149. The number of nitrogens with zero attached hydrogens (tertiary/aromatic N) is 2. The van der Waals surface area contributed by atoms with Crippen LogP contribution in [0.1, 0.15) is 51.7 Å². The van der Waals surface area contributed by atoms with E-state index < -0.39 is 0 Å². The third kappa shape index (κ3) is 5.94. The van der Waals surface area contributed by atoms with Crippen molar-refractivity contribution < 1.29 is 9.53 Å². The summed E-state index contributed by atoms with van der Waals surface area (Å²) in [5.74, 6) is 0.880. The Kier molecular flexibility index (Phi) is 7.76. The zero-order chi connectivity index (χ0) is 18.9. The Balaban J connectivity index is 1.93. The molecular formula is C22H30N2O2. The monoisotopic (exact) mass is 354 g/mol. The summed E-state index contributed by atoms with van der Waals surface area (Å²) < 4.78 is 5.39. The molecule has 0 aliphatic heterocycles. The van der Waals surface area contributed by atoms with Gasteiger partial charge in [0.2, 0.25) is 0 Å². The number of hydrogen-bond acceptors (Lipinski definition) is 4. The summed E-state index contributed by atoms with van der Waals surface area (Å²) in [6.45, 7) is 8.76. The highest BCUT2D eigenvalue weighted by Gasteiger charge is 2.16. The fourth-order valence-corrected chi connectivity index (χ4v) is 2.63. The van der Waals surface area contributed by atoms with E-state index in [0.29, 0.717) is 18.9 Å². The first-order valence-electron chi connectivity index (χ1n) is 9.60. The highest BCUT2D eigenvalue weighted by Crippen LogP contribution is 2.18. The van der Waals surface area contributed by atoms with E-state index >= 15 is 0 Å². The summed E-state index contributed by atoms with van der Waals surface area (Å²) in [5, 5.41) is 0. The van der Waals surface area contributed by atoms with Gasteiger partial charge in [-0.05, 0) is 29.9 Å². The lowest BCUT2D eigenvalue weighted by Crippen LogP contribution is -2.19. The molecule has 4 nitrogen and oxygen atoms in total. The van der Waals surface area contributed by atoms with Crippen molar-refractivity contribution in [1.82, 2.24) is 9.97 Å². The molecule has 0 saturated heterocycles. The number of carbonyl (C=O) groups is 1. The fourth-order valence-electron chi connectivity index (χ4n) is 2.63. The van der Waals surface area contributed by atoms with Crippen LogP contribution in [-0.4, -0.2) is 22.5 Å². The summed E-state index contributed by atoms with van der Waals surface area (Å²) >= 11 is 0. The van der Waals surface area contributed by atoms with Gasteiger partial charge in [0.1, 0.15) is 0 Å². The zero-order valence-electron chi connectivity index (χ0n) is 16.4. The Hall–Kier alpha value is -2.23. The van der Waals surface area contributed by atoms with Gasteiger partial charge in [-0.3, -0.25) is 4.79 Å². The topological polar surface area (TPSA) is 52.1 Å². The summed E-state index contributed by atoms with van der Waals surface area (Å²) in [5.41, 5.74) is 3.27. The van der Waals surface area contributed by atoms with Crippen LogP contribution in [0.15, 0.2) is 36.7 Å². The standard InChI is InChI=1S/C22H30N2O2/c1-5-7-19-13-23-21(24-14-19)20-10-8-18(9-11-20)12-17(4)22(25)26-15-16(3)6-2/h8-11,13-14,16-17H,5-7,12,15H2,1-4H3.